The molecule has 45 heavy (non-hydrogen) atoms. The van der Waals surface area contributed by atoms with E-state index in [1.807, 2.05) is 18.6 Å². The number of hydrogen-bond acceptors (Lipinski definition) is 11. The number of carbonyl (C=O) groups excluding carboxylic acids is 5. The molecule has 240 valence electrons. The van der Waals surface area contributed by atoms with Crippen molar-refractivity contribution in [2.24, 2.45) is 17.6 Å². The lowest BCUT2D eigenvalue weighted by molar-refractivity contribution is -0.145. The average molecular weight is 640 g/mol. The Morgan fingerprint density at radius 1 is 0.978 bits per heavy atom. The molecular weight excluding hydrogens is 602 g/mol. The summed E-state index contributed by atoms with van der Waals surface area (Å²) < 4.78 is 30.5. The molecule has 0 radical (unpaired) electrons. The molecule has 13 nitrogen and oxygen atoms in total. The lowest BCUT2D eigenvalue weighted by Crippen LogP contribution is -2.58. The first-order chi connectivity index (χ1) is 21.1. The summed E-state index contributed by atoms with van der Waals surface area (Å²) in [6.07, 6.45) is 1.63. The summed E-state index contributed by atoms with van der Waals surface area (Å²) in [6, 6.07) is 8.78. The Morgan fingerprint density at radius 3 is 2.18 bits per heavy atom. The van der Waals surface area contributed by atoms with Crippen LogP contribution in [0.1, 0.15) is 71.9 Å². The van der Waals surface area contributed by atoms with Gasteiger partial charge in [-0.2, -0.15) is 0 Å². The largest absolute Gasteiger partial charge is 0.434 e. The first-order valence-electron chi connectivity index (χ1n) is 14.6. The number of amides is 4. The van der Waals surface area contributed by atoms with Gasteiger partial charge < -0.3 is 10.2 Å². The molecule has 1 unspecified atom stereocenters. The fourth-order valence-corrected chi connectivity index (χ4v) is 5.79. The molecule has 2 heterocycles. The van der Waals surface area contributed by atoms with E-state index in [2.05, 4.69) is 4.98 Å². The summed E-state index contributed by atoms with van der Waals surface area (Å²) in [6.45, 7) is 7.37. The molecule has 1 fully saturated rings. The van der Waals surface area contributed by atoms with Gasteiger partial charge in [-0.15, -0.1) is 0 Å². The highest BCUT2D eigenvalue weighted by atomic mass is 32.2. The standard InChI is InChI=1S/C31H37N5O8S/c1-17(2)24(32)31(41)36(29(39)20-14-12-19(13-15-20)27(38)34-45(5,42)43)30(40)22-10-8-16-35(22)25(18(3)4)26(37)28-33-21-9-6-7-11-23(21)44-28/h6-7,9,11-15,17-18,22,24-25H,8,10,16,32H2,1-5H3,(H,34,38)/t22-,24-,25?/m0/s1. The summed E-state index contributed by atoms with van der Waals surface area (Å²) in [4.78, 5) is 74.2. The summed E-state index contributed by atoms with van der Waals surface area (Å²) in [5.41, 5.74) is 6.95. The number of nitrogens with zero attached hydrogens (tertiary/aromatic N) is 3. The Kier molecular flexibility index (Phi) is 10.00. The third-order valence-electron chi connectivity index (χ3n) is 7.66. The van der Waals surface area contributed by atoms with Crippen molar-refractivity contribution in [3.05, 3.63) is 65.5 Å². The minimum atomic E-state index is -3.83. The van der Waals surface area contributed by atoms with Crippen LogP contribution < -0.4 is 10.5 Å². The van der Waals surface area contributed by atoms with Crippen molar-refractivity contribution < 1.29 is 36.8 Å². The zero-order valence-electron chi connectivity index (χ0n) is 25.7. The van der Waals surface area contributed by atoms with Gasteiger partial charge in [0.15, 0.2) is 5.58 Å². The Morgan fingerprint density at radius 2 is 1.60 bits per heavy atom. The zero-order chi connectivity index (χ0) is 33.2. The van der Waals surface area contributed by atoms with Gasteiger partial charge in [0, 0.05) is 11.1 Å². The van der Waals surface area contributed by atoms with Gasteiger partial charge in [-0.05, 0) is 67.6 Å². The number of carbonyl (C=O) groups is 5. The van der Waals surface area contributed by atoms with Crippen molar-refractivity contribution >= 4 is 50.5 Å². The van der Waals surface area contributed by atoms with Crippen molar-refractivity contribution in [2.75, 3.05) is 12.8 Å². The van der Waals surface area contributed by atoms with Gasteiger partial charge in [0.25, 0.3) is 29.5 Å². The number of sulfonamides is 1. The lowest BCUT2D eigenvalue weighted by Gasteiger charge is -2.35. The number of nitrogens with two attached hydrogens (primary N) is 1. The molecule has 1 saturated heterocycles. The SMILES string of the molecule is CC(C)C(C(=O)c1nc2ccccc2o1)N1CCC[C@H]1C(=O)N(C(=O)c1ccc(C(=O)NS(C)(=O)=O)cc1)C(=O)[C@@H](N)C(C)C. The van der Waals surface area contributed by atoms with Crippen molar-refractivity contribution in [1.29, 1.82) is 0 Å². The smallest absolute Gasteiger partial charge is 0.267 e. The van der Waals surface area contributed by atoms with Gasteiger partial charge in [0.05, 0.1) is 24.4 Å². The Labute approximate surface area is 261 Å². The molecule has 0 aliphatic carbocycles. The van der Waals surface area contributed by atoms with Gasteiger partial charge in [0.2, 0.25) is 15.8 Å². The van der Waals surface area contributed by atoms with Crippen LogP contribution in [0, 0.1) is 11.8 Å². The molecule has 0 bridgehead atoms. The number of hydrogen-bond donors (Lipinski definition) is 2. The van der Waals surface area contributed by atoms with E-state index in [1.165, 1.54) is 24.3 Å². The summed E-state index contributed by atoms with van der Waals surface area (Å²) in [5, 5.41) is 0. The quantitative estimate of drug-likeness (QED) is 0.245. The second-order valence-corrected chi connectivity index (χ2v) is 13.6. The number of Topliss-reactive ketones (excluding diaryl/α,β-unsaturated/α-hetero) is 1. The monoisotopic (exact) mass is 639 g/mol. The van der Waals surface area contributed by atoms with Crippen LogP contribution >= 0.6 is 0 Å². The summed E-state index contributed by atoms with van der Waals surface area (Å²) in [5.74, 6) is -4.83. The minimum Gasteiger partial charge on any atom is -0.434 e. The van der Waals surface area contributed by atoms with Crippen LogP contribution in [-0.4, -0.2) is 83.5 Å². The minimum absolute atomic E-state index is 0.0560. The molecule has 4 rings (SSSR count). The number of ketones is 1. The van der Waals surface area contributed by atoms with Crippen LogP contribution in [0.25, 0.3) is 11.1 Å². The number of likely N-dealkylation sites (tertiary alicyclic amines) is 1. The van der Waals surface area contributed by atoms with Crippen LogP contribution in [0.4, 0.5) is 0 Å². The van der Waals surface area contributed by atoms with E-state index in [9.17, 15) is 32.4 Å². The fraction of sp³-hybridized carbons (Fsp3) is 0.419. The van der Waals surface area contributed by atoms with Crippen LogP contribution in [0.5, 0.6) is 0 Å². The summed E-state index contributed by atoms with van der Waals surface area (Å²) >= 11 is 0. The predicted octanol–water partition coefficient (Wildman–Crippen LogP) is 2.37. The average Bonchev–Trinajstić information content (AvgIpc) is 3.63. The molecule has 4 amide bonds. The number of oxazole rings is 1. The number of fused-ring (bicyclic) bond motifs is 1. The number of imide groups is 3. The molecule has 3 aromatic rings. The van der Waals surface area contributed by atoms with Crippen molar-refractivity contribution in [3.63, 3.8) is 0 Å². The lowest BCUT2D eigenvalue weighted by atomic mass is 9.96. The molecular formula is C31H37N5O8S. The second kappa shape index (κ2) is 13.4. The molecule has 3 atom stereocenters. The molecule has 1 aliphatic rings. The van der Waals surface area contributed by atoms with E-state index >= 15 is 0 Å². The van der Waals surface area contributed by atoms with Gasteiger partial charge in [-0.1, -0.05) is 39.8 Å². The van der Waals surface area contributed by atoms with Crippen molar-refractivity contribution in [2.45, 2.75) is 58.7 Å². The highest BCUT2D eigenvalue weighted by Crippen LogP contribution is 2.29. The third-order valence-corrected chi connectivity index (χ3v) is 8.22. The van der Waals surface area contributed by atoms with Crippen LogP contribution in [0.15, 0.2) is 52.9 Å². The highest BCUT2D eigenvalue weighted by Gasteiger charge is 2.46. The number of nitrogens with one attached hydrogen (secondary N) is 1. The number of rotatable bonds is 10. The van der Waals surface area contributed by atoms with E-state index in [4.69, 9.17) is 10.2 Å². The number of para-hydroxylation sites is 2. The molecule has 0 saturated carbocycles. The van der Waals surface area contributed by atoms with Crippen LogP contribution in [-0.2, 0) is 19.6 Å². The number of aromatic nitrogens is 1. The van der Waals surface area contributed by atoms with Crippen molar-refractivity contribution in [3.8, 4) is 0 Å². The summed E-state index contributed by atoms with van der Waals surface area (Å²) in [7, 11) is -3.83. The maximum atomic E-state index is 14.2. The third kappa shape index (κ3) is 7.35. The van der Waals surface area contributed by atoms with Crippen molar-refractivity contribution in [1.82, 2.24) is 19.5 Å². The second-order valence-electron chi connectivity index (χ2n) is 11.8. The first-order valence-corrected chi connectivity index (χ1v) is 16.4. The normalized spacial score (nSPS) is 16.9. The Hall–Kier alpha value is -4.27. The van der Waals surface area contributed by atoms with Gasteiger partial charge in [-0.25, -0.2) is 23.0 Å². The van der Waals surface area contributed by atoms with E-state index < -0.39 is 63.5 Å². The Balaban J connectivity index is 1.67. The fourth-order valence-electron chi connectivity index (χ4n) is 5.34. The maximum absolute atomic E-state index is 14.2. The molecule has 3 N–H and O–H groups in total. The maximum Gasteiger partial charge on any atom is 0.267 e. The van der Waals surface area contributed by atoms with E-state index in [-0.39, 0.29) is 29.4 Å². The Bertz CT molecular complexity index is 1700. The predicted molar refractivity (Wildman–Crippen MR) is 164 cm³/mol. The zero-order valence-corrected chi connectivity index (χ0v) is 26.5. The van der Waals surface area contributed by atoms with Gasteiger partial charge in [-0.3, -0.25) is 28.9 Å². The number of benzene rings is 2. The van der Waals surface area contributed by atoms with E-state index in [0.717, 1.165) is 6.26 Å². The molecule has 1 aromatic heterocycles. The topological polar surface area (TPSA) is 190 Å². The molecule has 1 aliphatic heterocycles. The first kappa shape index (κ1) is 33.6. The van der Waals surface area contributed by atoms with E-state index in [1.54, 1.807) is 43.0 Å². The van der Waals surface area contributed by atoms with Gasteiger partial charge >= 0.3 is 0 Å². The van der Waals surface area contributed by atoms with Gasteiger partial charge in [0.1, 0.15) is 5.52 Å². The molecule has 2 aromatic carbocycles. The van der Waals surface area contributed by atoms with Crippen LogP contribution in [0.2, 0.25) is 0 Å². The van der Waals surface area contributed by atoms with Crippen LogP contribution in [0.3, 0.4) is 0 Å². The van der Waals surface area contributed by atoms with E-state index in [0.29, 0.717) is 29.0 Å². The highest BCUT2D eigenvalue weighted by molar-refractivity contribution is 7.89. The molecule has 0 spiro atoms. The molecule has 14 heteroatoms.